The van der Waals surface area contributed by atoms with Crippen molar-refractivity contribution in [2.45, 2.75) is 11.8 Å². The number of halogens is 1. The number of aromatic nitrogens is 1. The number of oxazole rings is 1. The Hall–Kier alpha value is -3.49. The van der Waals surface area contributed by atoms with E-state index in [0.717, 1.165) is 11.1 Å². The fourth-order valence-corrected chi connectivity index (χ4v) is 3.78. The second-order valence-electron chi connectivity index (χ2n) is 6.79. The number of ether oxygens (including phenoxy) is 2. The number of thioether (sulfide) groups is 1. The lowest BCUT2D eigenvalue weighted by atomic mass is 10.2. The first-order valence-electron chi connectivity index (χ1n) is 9.97. The molecule has 1 amide bonds. The van der Waals surface area contributed by atoms with E-state index in [9.17, 15) is 4.79 Å². The molecule has 0 radical (unpaired) electrons. The number of hydrazone groups is 1. The maximum Gasteiger partial charge on any atom is 0.257 e. The summed E-state index contributed by atoms with van der Waals surface area (Å²) in [7, 11) is 1.56. The van der Waals surface area contributed by atoms with Gasteiger partial charge in [0.05, 0.1) is 19.1 Å². The Morgan fingerprint density at radius 2 is 1.97 bits per heavy atom. The number of nitrogens with zero attached hydrogens (tertiary/aromatic N) is 2. The van der Waals surface area contributed by atoms with E-state index in [1.165, 1.54) is 18.0 Å². The van der Waals surface area contributed by atoms with Crippen LogP contribution in [0.15, 0.2) is 81.5 Å². The van der Waals surface area contributed by atoms with Crippen LogP contribution in [-0.2, 0) is 11.4 Å². The first-order chi connectivity index (χ1) is 16.1. The molecule has 1 heterocycles. The normalized spacial score (nSPS) is 11.1. The fourth-order valence-electron chi connectivity index (χ4n) is 2.96. The number of rotatable bonds is 9. The average molecular weight is 482 g/mol. The Labute approximate surface area is 199 Å². The van der Waals surface area contributed by atoms with Gasteiger partial charge in [-0.1, -0.05) is 59.8 Å². The number of fused-ring (bicyclic) bond motifs is 1. The molecule has 0 aliphatic carbocycles. The third-order valence-electron chi connectivity index (χ3n) is 4.55. The lowest BCUT2D eigenvalue weighted by molar-refractivity contribution is -0.118. The van der Waals surface area contributed by atoms with Gasteiger partial charge in [-0.3, -0.25) is 4.79 Å². The molecule has 0 bridgehead atoms. The van der Waals surface area contributed by atoms with Crippen molar-refractivity contribution in [2.24, 2.45) is 5.10 Å². The van der Waals surface area contributed by atoms with Gasteiger partial charge >= 0.3 is 0 Å². The maximum absolute atomic E-state index is 12.2. The largest absolute Gasteiger partial charge is 0.493 e. The zero-order chi connectivity index (χ0) is 23.0. The summed E-state index contributed by atoms with van der Waals surface area (Å²) in [5.74, 6) is 0.862. The molecule has 9 heteroatoms. The monoisotopic (exact) mass is 481 g/mol. The highest BCUT2D eigenvalue weighted by molar-refractivity contribution is 7.99. The number of hydrogen-bond acceptors (Lipinski definition) is 7. The van der Waals surface area contributed by atoms with Crippen molar-refractivity contribution < 1.29 is 18.7 Å². The lowest BCUT2D eigenvalue weighted by Crippen LogP contribution is -2.19. The van der Waals surface area contributed by atoms with Gasteiger partial charge in [-0.2, -0.15) is 5.10 Å². The molecule has 0 aliphatic rings. The maximum atomic E-state index is 12.2. The van der Waals surface area contributed by atoms with E-state index in [2.05, 4.69) is 15.5 Å². The third kappa shape index (κ3) is 5.85. The topological polar surface area (TPSA) is 86.0 Å². The van der Waals surface area contributed by atoms with Crippen molar-refractivity contribution in [1.82, 2.24) is 10.4 Å². The van der Waals surface area contributed by atoms with Crippen LogP contribution < -0.4 is 14.9 Å². The number of benzene rings is 3. The molecule has 4 rings (SSSR count). The van der Waals surface area contributed by atoms with Crippen molar-refractivity contribution in [3.63, 3.8) is 0 Å². The molecule has 0 spiro atoms. The lowest BCUT2D eigenvalue weighted by Gasteiger charge is -2.13. The summed E-state index contributed by atoms with van der Waals surface area (Å²) in [5.41, 5.74) is 5.43. The van der Waals surface area contributed by atoms with Crippen molar-refractivity contribution in [1.29, 1.82) is 0 Å². The Kier molecular flexibility index (Phi) is 7.49. The molecule has 1 N–H and O–H groups in total. The van der Waals surface area contributed by atoms with Crippen LogP contribution in [0.5, 0.6) is 11.5 Å². The number of methoxy groups -OCH3 is 1. The van der Waals surface area contributed by atoms with Crippen molar-refractivity contribution >= 4 is 46.6 Å². The van der Waals surface area contributed by atoms with E-state index in [1.54, 1.807) is 19.2 Å². The van der Waals surface area contributed by atoms with Crippen LogP contribution in [0.25, 0.3) is 11.1 Å². The molecular formula is C24H20ClN3O4S. The fraction of sp³-hybridized carbons (Fsp3) is 0.125. The van der Waals surface area contributed by atoms with Gasteiger partial charge in [0.25, 0.3) is 11.1 Å². The molecule has 33 heavy (non-hydrogen) atoms. The SMILES string of the molecule is COc1cccc(/C=N\NC(=O)CSc2nc3ccccc3o2)c1OCc1ccccc1Cl. The molecule has 0 fully saturated rings. The van der Waals surface area contributed by atoms with Gasteiger partial charge in [-0.25, -0.2) is 10.4 Å². The van der Waals surface area contributed by atoms with Gasteiger partial charge in [0.1, 0.15) is 12.1 Å². The Morgan fingerprint density at radius 1 is 1.15 bits per heavy atom. The van der Waals surface area contributed by atoms with Gasteiger partial charge < -0.3 is 13.9 Å². The number of carbonyl (C=O) groups excluding carboxylic acids is 1. The summed E-state index contributed by atoms with van der Waals surface area (Å²) in [5, 5.41) is 5.10. The molecule has 4 aromatic rings. The van der Waals surface area contributed by atoms with Crippen molar-refractivity contribution in [2.75, 3.05) is 12.9 Å². The smallest absolute Gasteiger partial charge is 0.257 e. The number of amides is 1. The van der Waals surface area contributed by atoms with Crippen LogP contribution in [0, 0.1) is 0 Å². The molecule has 0 unspecified atom stereocenters. The summed E-state index contributed by atoms with van der Waals surface area (Å²) in [6.45, 7) is 0.258. The number of carbonyl (C=O) groups is 1. The Balaban J connectivity index is 1.37. The summed E-state index contributed by atoms with van der Waals surface area (Å²) >= 11 is 7.42. The second kappa shape index (κ2) is 10.9. The zero-order valence-electron chi connectivity index (χ0n) is 17.7. The minimum Gasteiger partial charge on any atom is -0.493 e. The van der Waals surface area contributed by atoms with E-state index in [1.807, 2.05) is 54.6 Å². The Bertz CT molecular complexity index is 1260. The minimum atomic E-state index is -0.292. The molecule has 0 saturated carbocycles. The predicted molar refractivity (Wildman–Crippen MR) is 129 cm³/mol. The summed E-state index contributed by atoms with van der Waals surface area (Å²) < 4.78 is 17.0. The average Bonchev–Trinajstić information content (AvgIpc) is 3.26. The van der Waals surface area contributed by atoms with E-state index >= 15 is 0 Å². The number of nitrogens with one attached hydrogen (secondary N) is 1. The van der Waals surface area contributed by atoms with Gasteiger partial charge in [0.15, 0.2) is 17.1 Å². The zero-order valence-corrected chi connectivity index (χ0v) is 19.2. The van der Waals surface area contributed by atoms with Gasteiger partial charge in [-0.05, 0) is 30.3 Å². The van der Waals surface area contributed by atoms with Crippen LogP contribution in [0.1, 0.15) is 11.1 Å². The summed E-state index contributed by atoms with van der Waals surface area (Å²) in [4.78, 5) is 16.5. The molecule has 7 nitrogen and oxygen atoms in total. The van der Waals surface area contributed by atoms with Crippen LogP contribution in [0.3, 0.4) is 0 Å². The van der Waals surface area contributed by atoms with E-state index in [-0.39, 0.29) is 18.3 Å². The molecule has 0 saturated heterocycles. The predicted octanol–water partition coefficient (Wildman–Crippen LogP) is 5.31. The van der Waals surface area contributed by atoms with Crippen LogP contribution >= 0.6 is 23.4 Å². The minimum absolute atomic E-state index is 0.109. The summed E-state index contributed by atoms with van der Waals surface area (Å²) in [6.07, 6.45) is 1.51. The number of para-hydroxylation sites is 3. The first-order valence-corrected chi connectivity index (χ1v) is 11.3. The standard InChI is InChI=1S/C24H20ClN3O4S/c1-30-21-12-6-8-16(23(21)31-14-17-7-2-3-9-18(17)25)13-26-28-22(29)15-33-24-27-19-10-4-5-11-20(19)32-24/h2-13H,14-15H2,1H3,(H,28,29)/b26-13-. The molecule has 0 aliphatic heterocycles. The van der Waals surface area contributed by atoms with Gasteiger partial charge in [0.2, 0.25) is 0 Å². The Morgan fingerprint density at radius 3 is 2.79 bits per heavy atom. The molecular weight excluding hydrogens is 462 g/mol. The van der Waals surface area contributed by atoms with E-state index in [0.29, 0.717) is 32.9 Å². The van der Waals surface area contributed by atoms with Gasteiger partial charge in [-0.15, -0.1) is 0 Å². The summed E-state index contributed by atoms with van der Waals surface area (Å²) in [6, 6.07) is 20.3. The van der Waals surface area contributed by atoms with Crippen LogP contribution in [0.4, 0.5) is 0 Å². The highest BCUT2D eigenvalue weighted by atomic mass is 35.5. The van der Waals surface area contributed by atoms with Crippen LogP contribution in [0.2, 0.25) is 5.02 Å². The molecule has 0 atom stereocenters. The van der Waals surface area contributed by atoms with Gasteiger partial charge in [0, 0.05) is 16.1 Å². The van der Waals surface area contributed by atoms with E-state index < -0.39 is 0 Å². The quantitative estimate of drug-likeness (QED) is 0.198. The molecule has 3 aromatic carbocycles. The van der Waals surface area contributed by atoms with Crippen LogP contribution in [-0.4, -0.2) is 30.0 Å². The third-order valence-corrected chi connectivity index (χ3v) is 5.75. The van der Waals surface area contributed by atoms with E-state index in [4.69, 9.17) is 25.5 Å². The highest BCUT2D eigenvalue weighted by Crippen LogP contribution is 2.31. The first kappa shape index (κ1) is 22.7. The van der Waals surface area contributed by atoms with Crippen molar-refractivity contribution in [3.05, 3.63) is 82.9 Å². The molecule has 1 aromatic heterocycles. The van der Waals surface area contributed by atoms with Crippen molar-refractivity contribution in [3.8, 4) is 11.5 Å². The number of hydrogen-bond donors (Lipinski definition) is 1. The highest BCUT2D eigenvalue weighted by Gasteiger charge is 2.12. The second-order valence-corrected chi connectivity index (χ2v) is 8.12. The molecule has 168 valence electrons.